The fourth-order valence-corrected chi connectivity index (χ4v) is 3.13. The van der Waals surface area contributed by atoms with Crippen LogP contribution in [0.15, 0.2) is 82.0 Å². The molecule has 0 N–H and O–H groups in total. The molecule has 1 aromatic heterocycles. The fourth-order valence-electron chi connectivity index (χ4n) is 2.81. The molecule has 4 rings (SSSR count). The summed E-state index contributed by atoms with van der Waals surface area (Å²) in [5.41, 5.74) is 1.76. The van der Waals surface area contributed by atoms with Crippen LogP contribution in [0, 0.1) is 0 Å². The van der Waals surface area contributed by atoms with Gasteiger partial charge in [0.05, 0.1) is 5.39 Å². The zero-order chi connectivity index (χ0) is 18.8. The lowest BCUT2D eigenvalue weighted by Crippen LogP contribution is -2.10. The Morgan fingerprint density at radius 3 is 2.33 bits per heavy atom. The standard InChI is InChI=1S/C22H14Cl2O3/c23-16-11-9-14(10-12-16)21-22(26-13-15-5-1-3-7-18(15)24)20(25)17-6-2-4-8-19(17)27-21/h1-12H,13H2. The van der Waals surface area contributed by atoms with Crippen LogP contribution in [0.5, 0.6) is 5.75 Å². The predicted molar refractivity (Wildman–Crippen MR) is 109 cm³/mol. The second kappa shape index (κ2) is 7.47. The first-order valence-corrected chi connectivity index (χ1v) is 9.07. The quantitative estimate of drug-likeness (QED) is 0.403. The summed E-state index contributed by atoms with van der Waals surface area (Å²) < 4.78 is 11.9. The minimum absolute atomic E-state index is 0.149. The third-order valence-corrected chi connectivity index (χ3v) is 4.81. The van der Waals surface area contributed by atoms with Crippen LogP contribution in [0.2, 0.25) is 10.0 Å². The molecule has 4 aromatic rings. The predicted octanol–water partition coefficient (Wildman–Crippen LogP) is 6.35. The van der Waals surface area contributed by atoms with Crippen molar-refractivity contribution in [1.29, 1.82) is 0 Å². The molecule has 0 aliphatic carbocycles. The van der Waals surface area contributed by atoms with E-state index in [2.05, 4.69) is 0 Å². The fraction of sp³-hybridized carbons (Fsp3) is 0.0455. The van der Waals surface area contributed by atoms with Gasteiger partial charge in [-0.25, -0.2) is 0 Å². The molecule has 0 amide bonds. The van der Waals surface area contributed by atoms with E-state index in [1.165, 1.54) is 0 Å². The van der Waals surface area contributed by atoms with E-state index >= 15 is 0 Å². The SMILES string of the molecule is O=c1c(OCc2ccccc2Cl)c(-c2ccc(Cl)cc2)oc2ccccc12. The molecular formula is C22H14Cl2O3. The average molecular weight is 397 g/mol. The summed E-state index contributed by atoms with van der Waals surface area (Å²) >= 11 is 12.2. The summed E-state index contributed by atoms with van der Waals surface area (Å²) in [4.78, 5) is 13.1. The topological polar surface area (TPSA) is 39.4 Å². The van der Waals surface area contributed by atoms with E-state index in [0.717, 1.165) is 5.56 Å². The van der Waals surface area contributed by atoms with E-state index in [9.17, 15) is 4.79 Å². The molecule has 0 spiro atoms. The Kier molecular flexibility index (Phi) is 4.88. The Balaban J connectivity index is 1.85. The lowest BCUT2D eigenvalue weighted by atomic mass is 10.1. The Hall–Kier alpha value is -2.75. The molecule has 0 aliphatic heterocycles. The number of halogens is 2. The Morgan fingerprint density at radius 1 is 0.852 bits per heavy atom. The van der Waals surface area contributed by atoms with Crippen LogP contribution in [0.1, 0.15) is 5.56 Å². The van der Waals surface area contributed by atoms with Gasteiger partial charge >= 0.3 is 0 Å². The van der Waals surface area contributed by atoms with Gasteiger partial charge in [-0.05, 0) is 42.5 Å². The summed E-state index contributed by atoms with van der Waals surface area (Å²) in [5.74, 6) is 0.512. The third-order valence-electron chi connectivity index (χ3n) is 4.19. The van der Waals surface area contributed by atoms with Crippen LogP contribution in [-0.2, 0) is 6.61 Å². The summed E-state index contributed by atoms with van der Waals surface area (Å²) in [7, 11) is 0. The number of ether oxygens (including phenoxy) is 1. The number of rotatable bonds is 4. The molecule has 0 atom stereocenters. The van der Waals surface area contributed by atoms with Gasteiger partial charge in [0, 0.05) is 21.2 Å². The molecule has 0 radical (unpaired) electrons. The van der Waals surface area contributed by atoms with Crippen molar-refractivity contribution in [3.05, 3.63) is 98.6 Å². The normalized spacial score (nSPS) is 10.9. The molecule has 27 heavy (non-hydrogen) atoms. The summed E-state index contributed by atoms with van der Waals surface area (Å²) in [6.07, 6.45) is 0. The van der Waals surface area contributed by atoms with E-state index in [1.54, 1.807) is 48.5 Å². The Labute approximate surface area is 165 Å². The third kappa shape index (κ3) is 3.57. The van der Waals surface area contributed by atoms with E-state index in [4.69, 9.17) is 32.4 Å². The molecule has 0 saturated carbocycles. The molecule has 0 bridgehead atoms. The highest BCUT2D eigenvalue weighted by molar-refractivity contribution is 6.31. The molecule has 5 heteroatoms. The minimum atomic E-state index is -0.228. The molecule has 134 valence electrons. The van der Waals surface area contributed by atoms with Crippen molar-refractivity contribution in [2.75, 3.05) is 0 Å². The maximum absolute atomic E-state index is 13.1. The van der Waals surface area contributed by atoms with E-state index in [0.29, 0.717) is 32.3 Å². The van der Waals surface area contributed by atoms with Crippen LogP contribution in [-0.4, -0.2) is 0 Å². The Bertz CT molecular complexity index is 1160. The van der Waals surface area contributed by atoms with Gasteiger partial charge in [0.15, 0.2) is 5.76 Å². The van der Waals surface area contributed by atoms with Gasteiger partial charge in [-0.2, -0.15) is 0 Å². The summed E-state index contributed by atoms with van der Waals surface area (Å²) in [6.45, 7) is 0.156. The molecule has 3 nitrogen and oxygen atoms in total. The highest BCUT2D eigenvalue weighted by Gasteiger charge is 2.18. The highest BCUT2D eigenvalue weighted by atomic mass is 35.5. The van der Waals surface area contributed by atoms with Crippen molar-refractivity contribution in [2.24, 2.45) is 0 Å². The zero-order valence-electron chi connectivity index (χ0n) is 14.1. The van der Waals surface area contributed by atoms with Gasteiger partial charge in [-0.3, -0.25) is 4.79 Å². The van der Waals surface area contributed by atoms with Crippen LogP contribution < -0.4 is 10.2 Å². The second-order valence-electron chi connectivity index (χ2n) is 5.97. The maximum atomic E-state index is 13.1. The van der Waals surface area contributed by atoms with E-state index < -0.39 is 0 Å². The largest absolute Gasteiger partial charge is 0.481 e. The smallest absolute Gasteiger partial charge is 0.235 e. The average Bonchev–Trinajstić information content (AvgIpc) is 2.69. The van der Waals surface area contributed by atoms with Gasteiger partial charge in [-0.1, -0.05) is 53.5 Å². The molecule has 1 heterocycles. The van der Waals surface area contributed by atoms with Crippen LogP contribution in [0.3, 0.4) is 0 Å². The highest BCUT2D eigenvalue weighted by Crippen LogP contribution is 2.32. The van der Waals surface area contributed by atoms with Crippen LogP contribution >= 0.6 is 23.2 Å². The van der Waals surface area contributed by atoms with E-state index in [1.807, 2.05) is 24.3 Å². The Morgan fingerprint density at radius 2 is 1.56 bits per heavy atom. The number of hydrogen-bond acceptors (Lipinski definition) is 3. The van der Waals surface area contributed by atoms with Crippen molar-refractivity contribution >= 4 is 34.2 Å². The molecule has 0 aliphatic rings. The summed E-state index contributed by atoms with van der Waals surface area (Å²) in [5, 5.41) is 1.64. The van der Waals surface area contributed by atoms with Gasteiger partial charge < -0.3 is 9.15 Å². The first-order valence-electron chi connectivity index (χ1n) is 8.31. The van der Waals surface area contributed by atoms with Gasteiger partial charge in [0.2, 0.25) is 11.2 Å². The molecule has 0 saturated heterocycles. The van der Waals surface area contributed by atoms with Gasteiger partial charge in [0.1, 0.15) is 12.2 Å². The van der Waals surface area contributed by atoms with Gasteiger partial charge in [-0.15, -0.1) is 0 Å². The zero-order valence-corrected chi connectivity index (χ0v) is 15.6. The molecule has 3 aromatic carbocycles. The lowest BCUT2D eigenvalue weighted by molar-refractivity contribution is 0.298. The van der Waals surface area contributed by atoms with Crippen LogP contribution in [0.4, 0.5) is 0 Å². The van der Waals surface area contributed by atoms with Crippen molar-refractivity contribution in [1.82, 2.24) is 0 Å². The molecule has 0 fully saturated rings. The van der Waals surface area contributed by atoms with Crippen molar-refractivity contribution < 1.29 is 9.15 Å². The van der Waals surface area contributed by atoms with Crippen molar-refractivity contribution in [2.45, 2.75) is 6.61 Å². The van der Waals surface area contributed by atoms with Crippen molar-refractivity contribution in [3.63, 3.8) is 0 Å². The number of para-hydroxylation sites is 1. The van der Waals surface area contributed by atoms with Gasteiger partial charge in [0.25, 0.3) is 0 Å². The monoisotopic (exact) mass is 396 g/mol. The van der Waals surface area contributed by atoms with Crippen LogP contribution in [0.25, 0.3) is 22.3 Å². The first-order chi connectivity index (χ1) is 13.1. The molecular weight excluding hydrogens is 383 g/mol. The second-order valence-corrected chi connectivity index (χ2v) is 6.82. The maximum Gasteiger partial charge on any atom is 0.235 e. The van der Waals surface area contributed by atoms with Crippen molar-refractivity contribution in [3.8, 4) is 17.1 Å². The summed E-state index contributed by atoms with van der Waals surface area (Å²) in [6, 6.07) is 21.5. The first kappa shape index (κ1) is 17.7. The minimum Gasteiger partial charge on any atom is -0.481 e. The van der Waals surface area contributed by atoms with E-state index in [-0.39, 0.29) is 17.8 Å². The number of fused-ring (bicyclic) bond motifs is 1. The lowest BCUT2D eigenvalue weighted by Gasteiger charge is -2.12. The molecule has 0 unspecified atom stereocenters. The number of hydrogen-bond donors (Lipinski definition) is 0. The number of benzene rings is 3.